The summed E-state index contributed by atoms with van der Waals surface area (Å²) in [5.41, 5.74) is 2.55. The average molecular weight is 303 g/mol. The van der Waals surface area contributed by atoms with E-state index in [0.29, 0.717) is 16.5 Å². The van der Waals surface area contributed by atoms with Gasteiger partial charge in [0.2, 0.25) is 0 Å². The number of carbonyl (C=O) groups is 1. The highest BCUT2D eigenvalue weighted by molar-refractivity contribution is 6.30. The first-order valence-corrected chi connectivity index (χ1v) is 7.96. The van der Waals surface area contributed by atoms with Crippen molar-refractivity contribution in [2.45, 2.75) is 44.4 Å². The predicted octanol–water partition coefficient (Wildman–Crippen LogP) is 4.78. The van der Waals surface area contributed by atoms with E-state index >= 15 is 0 Å². The first kappa shape index (κ1) is 14.3. The summed E-state index contributed by atoms with van der Waals surface area (Å²) < 4.78 is 1.77. The van der Waals surface area contributed by atoms with E-state index in [9.17, 15) is 4.79 Å². The van der Waals surface area contributed by atoms with E-state index in [1.807, 2.05) is 30.5 Å². The van der Waals surface area contributed by atoms with E-state index in [0.717, 1.165) is 30.5 Å². The molecular weight excluding hydrogens is 284 g/mol. The van der Waals surface area contributed by atoms with Crippen LogP contribution in [0.25, 0.3) is 5.69 Å². The van der Waals surface area contributed by atoms with Gasteiger partial charge in [-0.3, -0.25) is 4.79 Å². The van der Waals surface area contributed by atoms with Crippen molar-refractivity contribution >= 4 is 17.9 Å². The maximum Gasteiger partial charge on any atom is 0.153 e. The second-order valence-electron chi connectivity index (χ2n) is 5.70. The zero-order chi connectivity index (χ0) is 14.7. The molecule has 1 fully saturated rings. The van der Waals surface area contributed by atoms with E-state index in [2.05, 4.69) is 5.10 Å². The molecule has 2 aromatic rings. The van der Waals surface area contributed by atoms with E-state index in [1.165, 1.54) is 25.7 Å². The number of hydrogen-bond acceptors (Lipinski definition) is 2. The van der Waals surface area contributed by atoms with Crippen molar-refractivity contribution in [1.82, 2.24) is 9.78 Å². The molecule has 21 heavy (non-hydrogen) atoms. The lowest BCUT2D eigenvalue weighted by atomic mass is 9.94. The van der Waals surface area contributed by atoms with Gasteiger partial charge < -0.3 is 0 Å². The lowest BCUT2D eigenvalue weighted by Crippen LogP contribution is -2.02. The van der Waals surface area contributed by atoms with Crippen molar-refractivity contribution < 1.29 is 4.79 Å². The molecule has 0 spiro atoms. The number of carbonyl (C=O) groups excluding carboxylic acids is 1. The number of aldehydes is 1. The fraction of sp³-hybridized carbons (Fsp3) is 0.412. The molecule has 1 aliphatic carbocycles. The highest BCUT2D eigenvalue weighted by atomic mass is 35.5. The Kier molecular flexibility index (Phi) is 4.39. The van der Waals surface area contributed by atoms with E-state index in [4.69, 9.17) is 11.6 Å². The van der Waals surface area contributed by atoms with Crippen LogP contribution in [0.1, 0.15) is 60.5 Å². The van der Waals surface area contributed by atoms with Crippen molar-refractivity contribution in [1.29, 1.82) is 0 Å². The summed E-state index contributed by atoms with van der Waals surface area (Å²) >= 11 is 6.03. The van der Waals surface area contributed by atoms with Gasteiger partial charge in [-0.05, 0) is 31.0 Å². The van der Waals surface area contributed by atoms with Gasteiger partial charge in [0.05, 0.1) is 16.9 Å². The molecule has 3 nitrogen and oxygen atoms in total. The van der Waals surface area contributed by atoms with Crippen LogP contribution < -0.4 is 0 Å². The summed E-state index contributed by atoms with van der Waals surface area (Å²) in [6.07, 6.45) is 10.1. The molecule has 0 amide bonds. The molecule has 1 heterocycles. The molecule has 0 bridgehead atoms. The molecule has 0 N–H and O–H groups in total. The Hall–Kier alpha value is -1.61. The molecule has 0 saturated heterocycles. The van der Waals surface area contributed by atoms with Gasteiger partial charge in [-0.15, -0.1) is 0 Å². The van der Waals surface area contributed by atoms with E-state index in [-0.39, 0.29) is 0 Å². The van der Waals surface area contributed by atoms with Gasteiger partial charge >= 0.3 is 0 Å². The maximum atomic E-state index is 11.4. The summed E-state index contributed by atoms with van der Waals surface area (Å²) in [7, 11) is 0. The van der Waals surface area contributed by atoms with Crippen LogP contribution in [0.5, 0.6) is 0 Å². The average Bonchev–Trinajstić information content (AvgIpc) is 2.74. The van der Waals surface area contributed by atoms with Crippen molar-refractivity contribution in [2.24, 2.45) is 0 Å². The van der Waals surface area contributed by atoms with Gasteiger partial charge in [-0.1, -0.05) is 43.4 Å². The third-order valence-electron chi connectivity index (χ3n) is 4.21. The maximum absolute atomic E-state index is 11.4. The van der Waals surface area contributed by atoms with Gasteiger partial charge in [0, 0.05) is 17.1 Å². The van der Waals surface area contributed by atoms with Gasteiger partial charge in [-0.2, -0.15) is 5.10 Å². The standard InChI is InChI=1S/C17H19ClN2O/c18-15-8-5-9-16(10-15)20-11-14(12-21)17(19-20)13-6-3-1-2-4-7-13/h5,8-13H,1-4,6-7H2. The molecule has 110 valence electrons. The molecule has 1 aromatic carbocycles. The van der Waals surface area contributed by atoms with Gasteiger partial charge in [0.15, 0.2) is 6.29 Å². The molecule has 0 atom stereocenters. The fourth-order valence-electron chi connectivity index (χ4n) is 3.11. The molecule has 1 saturated carbocycles. The Morgan fingerprint density at radius 2 is 1.95 bits per heavy atom. The van der Waals surface area contributed by atoms with Crippen LogP contribution in [-0.2, 0) is 0 Å². The van der Waals surface area contributed by atoms with Crippen LogP contribution in [0.4, 0.5) is 0 Å². The first-order chi connectivity index (χ1) is 10.3. The highest BCUT2D eigenvalue weighted by Crippen LogP contribution is 2.32. The Balaban J connectivity index is 1.95. The molecule has 0 aliphatic heterocycles. The molecule has 4 heteroatoms. The second kappa shape index (κ2) is 6.44. The number of benzene rings is 1. The van der Waals surface area contributed by atoms with Crippen molar-refractivity contribution in [3.8, 4) is 5.69 Å². The summed E-state index contributed by atoms with van der Waals surface area (Å²) in [5.74, 6) is 0.410. The molecule has 1 aromatic heterocycles. The van der Waals surface area contributed by atoms with Crippen molar-refractivity contribution in [2.75, 3.05) is 0 Å². The topological polar surface area (TPSA) is 34.9 Å². The number of nitrogens with zero attached hydrogens (tertiary/aromatic N) is 2. The molecule has 3 rings (SSSR count). The van der Waals surface area contributed by atoms with Gasteiger partial charge in [0.1, 0.15) is 0 Å². The van der Waals surface area contributed by atoms with Crippen molar-refractivity contribution in [3.05, 3.63) is 46.7 Å². The van der Waals surface area contributed by atoms with Crippen LogP contribution in [0, 0.1) is 0 Å². The van der Waals surface area contributed by atoms with Crippen molar-refractivity contribution in [3.63, 3.8) is 0 Å². The molecular formula is C17H19ClN2O. The van der Waals surface area contributed by atoms with Crippen LogP contribution in [0.3, 0.4) is 0 Å². The SMILES string of the molecule is O=Cc1cn(-c2cccc(Cl)c2)nc1C1CCCCCC1. The second-order valence-corrected chi connectivity index (χ2v) is 6.14. The summed E-state index contributed by atoms with van der Waals surface area (Å²) in [6.45, 7) is 0. The monoisotopic (exact) mass is 302 g/mol. The summed E-state index contributed by atoms with van der Waals surface area (Å²) in [4.78, 5) is 11.4. The number of halogens is 1. The van der Waals surface area contributed by atoms with Gasteiger partial charge in [0.25, 0.3) is 0 Å². The fourth-order valence-corrected chi connectivity index (χ4v) is 3.30. The molecule has 0 unspecified atom stereocenters. The lowest BCUT2D eigenvalue weighted by Gasteiger charge is -2.11. The summed E-state index contributed by atoms with van der Waals surface area (Å²) in [5, 5.41) is 5.36. The Morgan fingerprint density at radius 3 is 2.62 bits per heavy atom. The largest absolute Gasteiger partial charge is 0.298 e. The Morgan fingerprint density at radius 1 is 1.19 bits per heavy atom. The zero-order valence-corrected chi connectivity index (χ0v) is 12.7. The Bertz CT molecular complexity index is 627. The van der Waals surface area contributed by atoms with Crippen LogP contribution in [0.15, 0.2) is 30.5 Å². The highest BCUT2D eigenvalue weighted by Gasteiger charge is 2.21. The van der Waals surface area contributed by atoms with E-state index in [1.54, 1.807) is 4.68 Å². The van der Waals surface area contributed by atoms with Gasteiger partial charge in [-0.25, -0.2) is 4.68 Å². The third kappa shape index (κ3) is 3.18. The zero-order valence-electron chi connectivity index (χ0n) is 12.0. The molecule has 0 radical (unpaired) electrons. The Labute approximate surface area is 129 Å². The van der Waals surface area contributed by atoms with E-state index < -0.39 is 0 Å². The predicted molar refractivity (Wildman–Crippen MR) is 84.4 cm³/mol. The third-order valence-corrected chi connectivity index (χ3v) is 4.45. The minimum absolute atomic E-state index is 0.410. The first-order valence-electron chi connectivity index (χ1n) is 7.58. The number of hydrogen-bond donors (Lipinski definition) is 0. The lowest BCUT2D eigenvalue weighted by molar-refractivity contribution is 0.112. The quantitative estimate of drug-likeness (QED) is 0.604. The van der Waals surface area contributed by atoms with Crippen LogP contribution >= 0.6 is 11.6 Å². The molecule has 1 aliphatic rings. The van der Waals surface area contributed by atoms with Crippen LogP contribution in [-0.4, -0.2) is 16.1 Å². The normalized spacial score (nSPS) is 16.6. The minimum atomic E-state index is 0.410. The minimum Gasteiger partial charge on any atom is -0.298 e. The summed E-state index contributed by atoms with van der Waals surface area (Å²) in [6, 6.07) is 7.54. The number of rotatable bonds is 3. The smallest absolute Gasteiger partial charge is 0.153 e. The van der Waals surface area contributed by atoms with Crippen LogP contribution in [0.2, 0.25) is 5.02 Å². The number of aromatic nitrogens is 2.